The normalized spacial score (nSPS) is 18.6. The number of likely N-dealkylation sites (tertiary alicyclic amines) is 1. The Hall–Kier alpha value is -2.25. The summed E-state index contributed by atoms with van der Waals surface area (Å²) in [6, 6.07) is 6.28. The third-order valence-electron chi connectivity index (χ3n) is 5.02. The zero-order chi connectivity index (χ0) is 17.9. The third kappa shape index (κ3) is 3.64. The van der Waals surface area contributed by atoms with Crippen LogP contribution in [0.3, 0.4) is 0 Å². The molecule has 1 aliphatic rings. The summed E-state index contributed by atoms with van der Waals surface area (Å²) in [6.07, 6.45) is 2.98. The van der Waals surface area contributed by atoms with Crippen molar-refractivity contribution in [3.63, 3.8) is 0 Å². The van der Waals surface area contributed by atoms with Gasteiger partial charge in [0.1, 0.15) is 5.82 Å². The van der Waals surface area contributed by atoms with E-state index < -0.39 is 0 Å². The summed E-state index contributed by atoms with van der Waals surface area (Å²) in [5.74, 6) is 2.89. The SMILES string of the molecule is COCCc1noc(CN2CCCC(c3nc4c(C)cccc4[nH]3)C2)n1. The molecule has 7 nitrogen and oxygen atoms in total. The van der Waals surface area contributed by atoms with Gasteiger partial charge in [0, 0.05) is 26.0 Å². The minimum atomic E-state index is 0.409. The molecule has 7 heteroatoms. The number of fused-ring (bicyclic) bond motifs is 1. The zero-order valence-electron chi connectivity index (χ0n) is 15.4. The van der Waals surface area contributed by atoms with Crippen LogP contribution in [0.4, 0.5) is 0 Å². The third-order valence-corrected chi connectivity index (χ3v) is 5.02. The molecule has 1 unspecified atom stereocenters. The molecule has 2 aromatic heterocycles. The Morgan fingerprint density at radius 3 is 3.12 bits per heavy atom. The van der Waals surface area contributed by atoms with Crippen LogP contribution in [0.2, 0.25) is 0 Å². The van der Waals surface area contributed by atoms with Gasteiger partial charge in [0.15, 0.2) is 5.82 Å². The van der Waals surface area contributed by atoms with E-state index in [9.17, 15) is 0 Å². The lowest BCUT2D eigenvalue weighted by atomic mass is 9.97. The van der Waals surface area contributed by atoms with Crippen LogP contribution < -0.4 is 0 Å². The number of aryl methyl sites for hydroxylation is 1. The van der Waals surface area contributed by atoms with Crippen LogP contribution in [0.5, 0.6) is 0 Å². The molecule has 1 fully saturated rings. The highest BCUT2D eigenvalue weighted by atomic mass is 16.5. The first-order valence-corrected chi connectivity index (χ1v) is 9.21. The molecular weight excluding hydrogens is 330 g/mol. The molecule has 0 aliphatic carbocycles. The molecule has 1 aromatic carbocycles. The number of ether oxygens (including phenoxy) is 1. The summed E-state index contributed by atoms with van der Waals surface area (Å²) in [5, 5.41) is 4.02. The number of rotatable bonds is 6. The van der Waals surface area contributed by atoms with Gasteiger partial charge in [0.05, 0.1) is 24.2 Å². The number of methoxy groups -OCH3 is 1. The number of para-hydroxylation sites is 1. The molecule has 0 bridgehead atoms. The Kier molecular flexibility index (Phi) is 4.99. The van der Waals surface area contributed by atoms with Crippen LogP contribution in [-0.2, 0) is 17.7 Å². The van der Waals surface area contributed by atoms with Crippen molar-refractivity contribution in [2.24, 2.45) is 0 Å². The van der Waals surface area contributed by atoms with Gasteiger partial charge in [-0.15, -0.1) is 0 Å². The summed E-state index contributed by atoms with van der Waals surface area (Å²) >= 11 is 0. The molecule has 26 heavy (non-hydrogen) atoms. The smallest absolute Gasteiger partial charge is 0.240 e. The monoisotopic (exact) mass is 355 g/mol. The second kappa shape index (κ2) is 7.55. The van der Waals surface area contributed by atoms with E-state index in [0.717, 1.165) is 42.8 Å². The van der Waals surface area contributed by atoms with E-state index in [2.05, 4.69) is 45.1 Å². The van der Waals surface area contributed by atoms with Gasteiger partial charge in [0.2, 0.25) is 5.89 Å². The molecule has 1 atom stereocenters. The lowest BCUT2D eigenvalue weighted by molar-refractivity contribution is 0.174. The van der Waals surface area contributed by atoms with Gasteiger partial charge < -0.3 is 14.2 Å². The average Bonchev–Trinajstić information content (AvgIpc) is 3.28. The van der Waals surface area contributed by atoms with Gasteiger partial charge in [-0.25, -0.2) is 4.98 Å². The molecule has 1 aliphatic heterocycles. The first-order chi connectivity index (χ1) is 12.7. The first-order valence-electron chi connectivity index (χ1n) is 9.21. The Morgan fingerprint density at radius 1 is 1.35 bits per heavy atom. The topological polar surface area (TPSA) is 80.1 Å². The van der Waals surface area contributed by atoms with Crippen LogP contribution in [0, 0.1) is 6.92 Å². The minimum absolute atomic E-state index is 0.409. The summed E-state index contributed by atoms with van der Waals surface area (Å²) in [6.45, 7) is 5.41. The van der Waals surface area contributed by atoms with Crippen LogP contribution in [0.15, 0.2) is 22.7 Å². The number of H-pyrrole nitrogens is 1. The standard InChI is InChI=1S/C19H25N5O2/c1-13-5-3-7-15-18(13)22-19(20-15)14-6-4-9-24(11-14)12-17-21-16(23-26-17)8-10-25-2/h3,5,7,14H,4,6,8-12H2,1-2H3,(H,20,22). The molecule has 1 N–H and O–H groups in total. The maximum absolute atomic E-state index is 5.39. The van der Waals surface area contributed by atoms with Crippen molar-refractivity contribution >= 4 is 11.0 Å². The molecule has 138 valence electrons. The number of aromatic amines is 1. The van der Waals surface area contributed by atoms with Crippen molar-refractivity contribution in [2.45, 2.75) is 38.6 Å². The molecule has 0 spiro atoms. The highest BCUT2D eigenvalue weighted by Gasteiger charge is 2.25. The van der Waals surface area contributed by atoms with E-state index in [1.165, 1.54) is 5.56 Å². The predicted molar refractivity (Wildman–Crippen MR) is 98.0 cm³/mol. The largest absolute Gasteiger partial charge is 0.384 e. The lowest BCUT2D eigenvalue weighted by Crippen LogP contribution is -2.34. The van der Waals surface area contributed by atoms with E-state index in [0.29, 0.717) is 37.2 Å². The van der Waals surface area contributed by atoms with Crippen molar-refractivity contribution < 1.29 is 9.26 Å². The Labute approximate surface area is 152 Å². The van der Waals surface area contributed by atoms with Crippen molar-refractivity contribution in [1.29, 1.82) is 0 Å². The van der Waals surface area contributed by atoms with Gasteiger partial charge in [-0.3, -0.25) is 4.90 Å². The second-order valence-corrected chi connectivity index (χ2v) is 7.01. The Bertz CT molecular complexity index is 872. The van der Waals surface area contributed by atoms with Gasteiger partial charge in [-0.1, -0.05) is 17.3 Å². The molecule has 3 heterocycles. The number of hydrogen-bond donors (Lipinski definition) is 1. The minimum Gasteiger partial charge on any atom is -0.384 e. The van der Waals surface area contributed by atoms with Gasteiger partial charge >= 0.3 is 0 Å². The van der Waals surface area contributed by atoms with E-state index in [1.807, 2.05) is 0 Å². The van der Waals surface area contributed by atoms with Gasteiger partial charge in [0.25, 0.3) is 0 Å². The fourth-order valence-corrected chi connectivity index (χ4v) is 3.65. The number of nitrogens with zero attached hydrogens (tertiary/aromatic N) is 4. The molecule has 1 saturated heterocycles. The Morgan fingerprint density at radius 2 is 2.27 bits per heavy atom. The second-order valence-electron chi connectivity index (χ2n) is 7.01. The summed E-state index contributed by atoms with van der Waals surface area (Å²) in [5.41, 5.74) is 3.42. The highest BCUT2D eigenvalue weighted by Crippen LogP contribution is 2.28. The number of piperidine rings is 1. The van der Waals surface area contributed by atoms with Gasteiger partial charge in [-0.2, -0.15) is 4.98 Å². The summed E-state index contributed by atoms with van der Waals surface area (Å²) < 4.78 is 10.4. The van der Waals surface area contributed by atoms with E-state index in [-0.39, 0.29) is 0 Å². The van der Waals surface area contributed by atoms with Crippen LogP contribution in [-0.4, -0.2) is 51.8 Å². The molecule has 0 amide bonds. The molecular formula is C19H25N5O2. The quantitative estimate of drug-likeness (QED) is 0.732. The highest BCUT2D eigenvalue weighted by molar-refractivity contribution is 5.78. The maximum atomic E-state index is 5.39. The van der Waals surface area contributed by atoms with Crippen molar-refractivity contribution in [2.75, 3.05) is 26.8 Å². The van der Waals surface area contributed by atoms with Crippen molar-refractivity contribution in [1.82, 2.24) is 25.0 Å². The van der Waals surface area contributed by atoms with Crippen LogP contribution in [0.1, 0.15) is 41.9 Å². The van der Waals surface area contributed by atoms with Gasteiger partial charge in [-0.05, 0) is 37.9 Å². The number of benzene rings is 1. The van der Waals surface area contributed by atoms with Crippen molar-refractivity contribution in [3.8, 4) is 0 Å². The number of aromatic nitrogens is 4. The molecule has 0 saturated carbocycles. The average molecular weight is 355 g/mol. The maximum Gasteiger partial charge on any atom is 0.240 e. The lowest BCUT2D eigenvalue weighted by Gasteiger charge is -2.30. The van der Waals surface area contributed by atoms with E-state index in [4.69, 9.17) is 14.2 Å². The zero-order valence-corrected chi connectivity index (χ0v) is 15.4. The summed E-state index contributed by atoms with van der Waals surface area (Å²) in [7, 11) is 1.68. The number of imidazole rings is 1. The van der Waals surface area contributed by atoms with Crippen molar-refractivity contribution in [3.05, 3.63) is 41.3 Å². The fraction of sp³-hybridized carbons (Fsp3) is 0.526. The number of hydrogen-bond acceptors (Lipinski definition) is 6. The number of nitrogens with one attached hydrogen (secondary N) is 1. The molecule has 3 aromatic rings. The molecule has 0 radical (unpaired) electrons. The predicted octanol–water partition coefficient (Wildman–Crippen LogP) is 2.82. The van der Waals surface area contributed by atoms with Crippen LogP contribution in [0.25, 0.3) is 11.0 Å². The van der Waals surface area contributed by atoms with E-state index >= 15 is 0 Å². The van der Waals surface area contributed by atoms with E-state index in [1.54, 1.807) is 7.11 Å². The van der Waals surface area contributed by atoms with Crippen LogP contribution >= 0.6 is 0 Å². The molecule has 4 rings (SSSR count). The first kappa shape index (κ1) is 17.2. The fourth-order valence-electron chi connectivity index (χ4n) is 3.65. The Balaban J connectivity index is 1.43. The summed E-state index contributed by atoms with van der Waals surface area (Å²) in [4.78, 5) is 15.2.